The molecule has 8 aromatic rings. The lowest BCUT2D eigenvalue weighted by molar-refractivity contribution is 0.558. The lowest BCUT2D eigenvalue weighted by Crippen LogP contribution is -2.03. The number of rotatable bonds is 2. The molecule has 0 saturated heterocycles. The highest BCUT2D eigenvalue weighted by Crippen LogP contribution is 2.37. The van der Waals surface area contributed by atoms with Gasteiger partial charge in [-0.2, -0.15) is 5.26 Å². The predicted molar refractivity (Wildman–Crippen MR) is 156 cm³/mol. The van der Waals surface area contributed by atoms with Crippen LogP contribution in [0.3, 0.4) is 0 Å². The van der Waals surface area contributed by atoms with Crippen molar-refractivity contribution in [2.75, 3.05) is 0 Å². The Bertz CT molecular complexity index is 2330. The first-order chi connectivity index (χ1) is 19.2. The molecular formula is C34H19N3O2. The van der Waals surface area contributed by atoms with E-state index in [1.54, 1.807) is 6.07 Å². The number of nitriles is 1. The maximum atomic E-state index is 12.2. The van der Waals surface area contributed by atoms with E-state index >= 15 is 0 Å². The van der Waals surface area contributed by atoms with Crippen LogP contribution in [0.1, 0.15) is 5.56 Å². The molecule has 0 saturated carbocycles. The van der Waals surface area contributed by atoms with Crippen LogP contribution in [-0.2, 0) is 0 Å². The summed E-state index contributed by atoms with van der Waals surface area (Å²) in [5.41, 5.74) is 6.25. The van der Waals surface area contributed by atoms with Crippen molar-refractivity contribution in [3.63, 3.8) is 0 Å². The van der Waals surface area contributed by atoms with Crippen molar-refractivity contribution in [1.82, 2.24) is 9.13 Å². The second kappa shape index (κ2) is 7.95. The molecule has 0 aliphatic rings. The van der Waals surface area contributed by atoms with Gasteiger partial charge in [0.2, 0.25) is 0 Å². The molecule has 0 amide bonds. The van der Waals surface area contributed by atoms with Crippen molar-refractivity contribution in [3.05, 3.63) is 131 Å². The summed E-state index contributed by atoms with van der Waals surface area (Å²) in [4.78, 5) is 12.2. The van der Waals surface area contributed by atoms with Gasteiger partial charge in [0, 0.05) is 44.4 Å². The molecule has 0 unspecified atom stereocenters. The van der Waals surface area contributed by atoms with Gasteiger partial charge in [-0.15, -0.1) is 0 Å². The Balaban J connectivity index is 1.41. The second-order valence-corrected chi connectivity index (χ2v) is 9.71. The molecule has 5 heteroatoms. The van der Waals surface area contributed by atoms with Crippen molar-refractivity contribution >= 4 is 54.6 Å². The van der Waals surface area contributed by atoms with Crippen molar-refractivity contribution < 1.29 is 4.42 Å². The van der Waals surface area contributed by atoms with Crippen LogP contribution in [0.25, 0.3) is 66.0 Å². The van der Waals surface area contributed by atoms with Gasteiger partial charge in [0.15, 0.2) is 0 Å². The van der Waals surface area contributed by atoms with E-state index in [0.717, 1.165) is 33.2 Å². The molecule has 0 fully saturated rings. The Morgan fingerprint density at radius 1 is 0.564 bits per heavy atom. The van der Waals surface area contributed by atoms with Crippen molar-refractivity contribution in [2.45, 2.75) is 0 Å². The maximum absolute atomic E-state index is 12.2. The minimum absolute atomic E-state index is 0.00435. The molecule has 182 valence electrons. The average Bonchev–Trinajstić information content (AvgIpc) is 3.49. The summed E-state index contributed by atoms with van der Waals surface area (Å²) >= 11 is 0. The van der Waals surface area contributed by atoms with E-state index in [0.29, 0.717) is 11.0 Å². The molecule has 0 aliphatic heterocycles. The first-order valence-electron chi connectivity index (χ1n) is 12.7. The van der Waals surface area contributed by atoms with Crippen LogP contribution in [0.4, 0.5) is 0 Å². The molecule has 8 rings (SSSR count). The number of fused-ring (bicyclic) bond motifs is 7. The quantitative estimate of drug-likeness (QED) is 0.227. The molecular weight excluding hydrogens is 482 g/mol. The third-order valence-electron chi connectivity index (χ3n) is 7.59. The van der Waals surface area contributed by atoms with Crippen LogP contribution >= 0.6 is 0 Å². The summed E-state index contributed by atoms with van der Waals surface area (Å²) in [7, 11) is 0. The van der Waals surface area contributed by atoms with Gasteiger partial charge in [-0.25, -0.2) is 4.79 Å². The fraction of sp³-hybridized carbons (Fsp3) is 0. The van der Waals surface area contributed by atoms with Crippen LogP contribution in [0.5, 0.6) is 0 Å². The molecule has 3 heterocycles. The molecule has 0 radical (unpaired) electrons. The van der Waals surface area contributed by atoms with Gasteiger partial charge in [-0.05, 0) is 54.6 Å². The molecule has 5 nitrogen and oxygen atoms in total. The number of nitrogens with zero attached hydrogens (tertiary/aromatic N) is 3. The molecule has 3 aromatic heterocycles. The van der Waals surface area contributed by atoms with Gasteiger partial charge < -0.3 is 13.6 Å². The van der Waals surface area contributed by atoms with Gasteiger partial charge in [0.25, 0.3) is 0 Å². The summed E-state index contributed by atoms with van der Waals surface area (Å²) in [6.07, 6.45) is 0. The first kappa shape index (κ1) is 21.5. The summed E-state index contributed by atoms with van der Waals surface area (Å²) in [6, 6.07) is 41.2. The van der Waals surface area contributed by atoms with Gasteiger partial charge in [-0.1, -0.05) is 54.6 Å². The maximum Gasteiger partial charge on any atom is 0.354 e. The van der Waals surface area contributed by atoms with Gasteiger partial charge in [-0.3, -0.25) is 0 Å². The van der Waals surface area contributed by atoms with E-state index in [4.69, 9.17) is 4.42 Å². The monoisotopic (exact) mass is 501 g/mol. The summed E-state index contributed by atoms with van der Waals surface area (Å²) in [6.45, 7) is 0. The number of hydrogen-bond acceptors (Lipinski definition) is 3. The molecule has 0 aliphatic carbocycles. The number of benzene rings is 5. The van der Waals surface area contributed by atoms with E-state index in [1.165, 1.54) is 21.8 Å². The SMILES string of the molecule is N#Cc1cc2ccc(-n3c4ccccc4c4cc(-n5c6ccccc6c6ccccc65)ccc43)cc2oc1=O. The largest absolute Gasteiger partial charge is 0.422 e. The van der Waals surface area contributed by atoms with Crippen LogP contribution in [0, 0.1) is 11.3 Å². The van der Waals surface area contributed by atoms with E-state index in [1.807, 2.05) is 30.3 Å². The molecule has 0 N–H and O–H groups in total. The summed E-state index contributed by atoms with van der Waals surface area (Å²) in [5.74, 6) is 0. The van der Waals surface area contributed by atoms with Gasteiger partial charge in [0.05, 0.1) is 22.1 Å². The summed E-state index contributed by atoms with van der Waals surface area (Å²) in [5, 5.41) is 14.6. The zero-order valence-corrected chi connectivity index (χ0v) is 20.6. The van der Waals surface area contributed by atoms with E-state index in [2.05, 4.69) is 94.1 Å². The van der Waals surface area contributed by atoms with E-state index in [9.17, 15) is 10.1 Å². The number of para-hydroxylation sites is 3. The van der Waals surface area contributed by atoms with Crippen LogP contribution in [-0.4, -0.2) is 9.13 Å². The fourth-order valence-electron chi connectivity index (χ4n) is 5.90. The zero-order chi connectivity index (χ0) is 26.1. The highest BCUT2D eigenvalue weighted by Gasteiger charge is 2.16. The molecule has 39 heavy (non-hydrogen) atoms. The molecule has 0 spiro atoms. The Morgan fingerprint density at radius 3 is 1.69 bits per heavy atom. The molecule has 0 atom stereocenters. The van der Waals surface area contributed by atoms with Crippen LogP contribution in [0.15, 0.2) is 124 Å². The van der Waals surface area contributed by atoms with Crippen molar-refractivity contribution in [1.29, 1.82) is 5.26 Å². The molecule has 5 aromatic carbocycles. The van der Waals surface area contributed by atoms with E-state index < -0.39 is 5.63 Å². The zero-order valence-electron chi connectivity index (χ0n) is 20.6. The summed E-state index contributed by atoms with van der Waals surface area (Å²) < 4.78 is 10.0. The smallest absolute Gasteiger partial charge is 0.354 e. The Hall–Kier alpha value is -5.60. The normalized spacial score (nSPS) is 11.7. The van der Waals surface area contributed by atoms with Crippen LogP contribution in [0.2, 0.25) is 0 Å². The highest BCUT2D eigenvalue weighted by molar-refractivity contribution is 6.12. The lowest BCUT2D eigenvalue weighted by atomic mass is 10.1. The fourth-order valence-corrected chi connectivity index (χ4v) is 5.90. The Morgan fingerprint density at radius 2 is 1.08 bits per heavy atom. The standard InChI is InChI=1S/C34H19N3O2/c35-20-22-17-21-13-14-24(19-33(21)39-34(22)38)37-31-12-6-3-9-27(31)28-18-23(15-16-32(28)37)36-29-10-4-1-7-25(29)26-8-2-5-11-30(26)36/h1-19H. The lowest BCUT2D eigenvalue weighted by Gasteiger charge is -2.11. The Kier molecular flexibility index (Phi) is 4.38. The van der Waals surface area contributed by atoms with Crippen molar-refractivity contribution in [3.8, 4) is 17.4 Å². The third-order valence-corrected chi connectivity index (χ3v) is 7.59. The van der Waals surface area contributed by atoms with Gasteiger partial charge >= 0.3 is 5.63 Å². The minimum Gasteiger partial charge on any atom is -0.422 e. The number of aromatic nitrogens is 2. The molecule has 0 bridgehead atoms. The highest BCUT2D eigenvalue weighted by atomic mass is 16.4. The topological polar surface area (TPSA) is 63.9 Å². The van der Waals surface area contributed by atoms with Crippen molar-refractivity contribution in [2.24, 2.45) is 0 Å². The van der Waals surface area contributed by atoms with Crippen LogP contribution < -0.4 is 5.63 Å². The first-order valence-corrected chi connectivity index (χ1v) is 12.7. The minimum atomic E-state index is -0.625. The Labute approximate surface area is 222 Å². The average molecular weight is 502 g/mol. The third kappa shape index (κ3) is 3.03. The number of hydrogen-bond donors (Lipinski definition) is 0. The second-order valence-electron chi connectivity index (χ2n) is 9.71. The van der Waals surface area contributed by atoms with Gasteiger partial charge in [0.1, 0.15) is 17.2 Å². The van der Waals surface area contributed by atoms with E-state index in [-0.39, 0.29) is 5.56 Å². The predicted octanol–water partition coefficient (Wildman–Crippen LogP) is 7.86.